The fourth-order valence-corrected chi connectivity index (χ4v) is 2.94. The smallest absolute Gasteiger partial charge is 0.181 e. The van der Waals surface area contributed by atoms with Gasteiger partial charge >= 0.3 is 0 Å². The minimum absolute atomic E-state index is 0.0136. The lowest BCUT2D eigenvalue weighted by molar-refractivity contribution is -0.117. The van der Waals surface area contributed by atoms with Gasteiger partial charge in [-0.1, -0.05) is 0 Å². The van der Waals surface area contributed by atoms with Gasteiger partial charge in [0.05, 0.1) is 5.75 Å². The van der Waals surface area contributed by atoms with E-state index in [-0.39, 0.29) is 18.0 Å². The summed E-state index contributed by atoms with van der Waals surface area (Å²) in [4.78, 5) is 10.2. The van der Waals surface area contributed by atoms with Gasteiger partial charge in [0, 0.05) is 12.5 Å². The van der Waals surface area contributed by atoms with E-state index in [9.17, 15) is 22.0 Å². The Balaban J connectivity index is 2.71. The number of ketones is 1. The van der Waals surface area contributed by atoms with Crippen molar-refractivity contribution in [2.75, 3.05) is 5.75 Å². The molecule has 0 atom stereocenters. The Morgan fingerprint density at radius 2 is 1.89 bits per heavy atom. The first kappa shape index (κ1) is 14.8. The molecule has 0 saturated carbocycles. The van der Waals surface area contributed by atoms with Crippen LogP contribution in [-0.2, 0) is 14.6 Å². The summed E-state index contributed by atoms with van der Waals surface area (Å²) in [5.74, 6) is -2.16. The Hall–Kier alpha value is -1.30. The largest absolute Gasteiger partial charge is 0.300 e. The molecule has 0 radical (unpaired) electrons. The highest BCUT2D eigenvalue weighted by molar-refractivity contribution is 7.91. The maximum Gasteiger partial charge on any atom is 0.181 e. The second kappa shape index (κ2) is 6.04. The number of hydrogen-bond acceptors (Lipinski definition) is 3. The first-order valence-electron chi connectivity index (χ1n) is 5.50. The van der Waals surface area contributed by atoms with Gasteiger partial charge in [-0.25, -0.2) is 17.2 Å². The van der Waals surface area contributed by atoms with E-state index in [0.29, 0.717) is 18.9 Å². The molecule has 0 unspecified atom stereocenters. The van der Waals surface area contributed by atoms with Gasteiger partial charge in [-0.05, 0) is 31.9 Å². The Bertz CT molecular complexity index is 538. The first-order valence-corrected chi connectivity index (χ1v) is 7.15. The molecule has 100 valence electrons. The molecule has 0 saturated heterocycles. The van der Waals surface area contributed by atoms with Crippen LogP contribution in [0.4, 0.5) is 8.78 Å². The van der Waals surface area contributed by atoms with Crippen LogP contribution in [0.25, 0.3) is 0 Å². The molecule has 1 rings (SSSR count). The summed E-state index contributed by atoms with van der Waals surface area (Å²) >= 11 is 0. The SMILES string of the molecule is CC(=O)CCCCS(=O)(=O)c1ccc(F)cc1F. The molecule has 0 aromatic heterocycles. The predicted molar refractivity (Wildman–Crippen MR) is 62.9 cm³/mol. The van der Waals surface area contributed by atoms with Crippen LogP contribution in [0.3, 0.4) is 0 Å². The number of Topliss-reactive ketones (excluding diaryl/α,β-unsaturated/α-hetero) is 1. The Kier molecular flexibility index (Phi) is 4.95. The van der Waals surface area contributed by atoms with Crippen molar-refractivity contribution in [1.82, 2.24) is 0 Å². The lowest BCUT2D eigenvalue weighted by atomic mass is 10.2. The Morgan fingerprint density at radius 1 is 1.22 bits per heavy atom. The predicted octanol–water partition coefficient (Wildman–Crippen LogP) is 2.50. The molecule has 1 aromatic carbocycles. The van der Waals surface area contributed by atoms with E-state index in [4.69, 9.17) is 0 Å². The molecule has 0 heterocycles. The maximum atomic E-state index is 13.3. The van der Waals surface area contributed by atoms with Gasteiger partial charge in [-0.2, -0.15) is 0 Å². The number of hydrogen-bond donors (Lipinski definition) is 0. The topological polar surface area (TPSA) is 51.2 Å². The lowest BCUT2D eigenvalue weighted by Crippen LogP contribution is -2.09. The van der Waals surface area contributed by atoms with Crippen LogP contribution in [0.15, 0.2) is 23.1 Å². The van der Waals surface area contributed by atoms with Crippen LogP contribution in [-0.4, -0.2) is 20.0 Å². The quantitative estimate of drug-likeness (QED) is 0.592. The zero-order valence-electron chi connectivity index (χ0n) is 9.95. The molecule has 0 aliphatic heterocycles. The molecule has 6 heteroatoms. The van der Waals surface area contributed by atoms with E-state index in [0.717, 1.165) is 12.1 Å². The number of halogens is 2. The summed E-state index contributed by atoms with van der Waals surface area (Å²) in [7, 11) is -3.76. The van der Waals surface area contributed by atoms with E-state index < -0.39 is 26.4 Å². The van der Waals surface area contributed by atoms with Crippen molar-refractivity contribution in [3.8, 4) is 0 Å². The molecule has 0 aliphatic carbocycles. The van der Waals surface area contributed by atoms with Gasteiger partial charge < -0.3 is 4.79 Å². The summed E-state index contributed by atoms with van der Waals surface area (Å²) in [5.41, 5.74) is 0. The summed E-state index contributed by atoms with van der Waals surface area (Å²) < 4.78 is 49.5. The van der Waals surface area contributed by atoms with Crippen LogP contribution < -0.4 is 0 Å². The molecule has 0 bridgehead atoms. The number of benzene rings is 1. The van der Waals surface area contributed by atoms with Crippen molar-refractivity contribution in [3.63, 3.8) is 0 Å². The van der Waals surface area contributed by atoms with E-state index in [1.807, 2.05) is 0 Å². The number of carbonyl (C=O) groups excluding carboxylic acids is 1. The van der Waals surface area contributed by atoms with Crippen LogP contribution >= 0.6 is 0 Å². The van der Waals surface area contributed by atoms with Crippen molar-refractivity contribution in [2.45, 2.75) is 31.1 Å². The van der Waals surface area contributed by atoms with Gasteiger partial charge in [0.2, 0.25) is 0 Å². The van der Waals surface area contributed by atoms with Crippen LogP contribution in [0.5, 0.6) is 0 Å². The van der Waals surface area contributed by atoms with Gasteiger partial charge in [0.15, 0.2) is 9.84 Å². The van der Waals surface area contributed by atoms with Crippen LogP contribution in [0.1, 0.15) is 26.2 Å². The molecular formula is C12H14F2O3S. The minimum Gasteiger partial charge on any atom is -0.300 e. The fourth-order valence-electron chi connectivity index (χ4n) is 1.50. The Morgan fingerprint density at radius 3 is 2.44 bits per heavy atom. The zero-order valence-corrected chi connectivity index (χ0v) is 10.8. The molecule has 0 fully saturated rings. The molecule has 18 heavy (non-hydrogen) atoms. The number of carbonyl (C=O) groups is 1. The summed E-state index contributed by atoms with van der Waals surface area (Å²) in [6.45, 7) is 1.42. The van der Waals surface area contributed by atoms with Gasteiger partial charge in [-0.15, -0.1) is 0 Å². The zero-order chi connectivity index (χ0) is 13.8. The molecule has 0 amide bonds. The van der Waals surface area contributed by atoms with Gasteiger partial charge in [-0.3, -0.25) is 0 Å². The molecule has 0 aliphatic rings. The van der Waals surface area contributed by atoms with Crippen molar-refractivity contribution in [2.24, 2.45) is 0 Å². The number of rotatable bonds is 6. The summed E-state index contributed by atoms with van der Waals surface area (Å²) in [5, 5.41) is 0. The maximum absolute atomic E-state index is 13.3. The summed E-state index contributed by atoms with van der Waals surface area (Å²) in [6, 6.07) is 2.37. The first-order chi connectivity index (χ1) is 8.33. The molecule has 0 spiro atoms. The lowest BCUT2D eigenvalue weighted by Gasteiger charge is -2.05. The average molecular weight is 276 g/mol. The average Bonchev–Trinajstić information content (AvgIpc) is 2.23. The van der Waals surface area contributed by atoms with E-state index in [1.54, 1.807) is 0 Å². The van der Waals surface area contributed by atoms with Crippen LogP contribution in [0, 0.1) is 11.6 Å². The highest BCUT2D eigenvalue weighted by Crippen LogP contribution is 2.18. The molecule has 1 aromatic rings. The van der Waals surface area contributed by atoms with Crippen molar-refractivity contribution < 1.29 is 22.0 Å². The normalized spacial score (nSPS) is 11.5. The monoisotopic (exact) mass is 276 g/mol. The van der Waals surface area contributed by atoms with Crippen molar-refractivity contribution in [1.29, 1.82) is 0 Å². The summed E-state index contributed by atoms with van der Waals surface area (Å²) in [6.07, 6.45) is 1.03. The van der Waals surface area contributed by atoms with Crippen molar-refractivity contribution >= 4 is 15.6 Å². The van der Waals surface area contributed by atoms with E-state index in [1.165, 1.54) is 6.92 Å². The van der Waals surface area contributed by atoms with Crippen molar-refractivity contribution in [3.05, 3.63) is 29.8 Å². The van der Waals surface area contributed by atoms with E-state index in [2.05, 4.69) is 0 Å². The highest BCUT2D eigenvalue weighted by atomic mass is 32.2. The van der Waals surface area contributed by atoms with E-state index >= 15 is 0 Å². The number of sulfone groups is 1. The van der Waals surface area contributed by atoms with Gasteiger partial charge in [0.25, 0.3) is 0 Å². The highest BCUT2D eigenvalue weighted by Gasteiger charge is 2.19. The third kappa shape index (κ3) is 4.18. The molecule has 3 nitrogen and oxygen atoms in total. The standard InChI is InChI=1S/C12H14F2O3S/c1-9(15)4-2-3-7-18(16,17)12-6-5-10(13)8-11(12)14/h5-6,8H,2-4,7H2,1H3. The second-order valence-corrected chi connectivity index (χ2v) is 6.13. The molecule has 0 N–H and O–H groups in total. The molecular weight excluding hydrogens is 262 g/mol. The fraction of sp³-hybridized carbons (Fsp3) is 0.417. The minimum atomic E-state index is -3.76. The van der Waals surface area contributed by atoms with Crippen LogP contribution in [0.2, 0.25) is 0 Å². The third-order valence-corrected chi connectivity index (χ3v) is 4.25. The Labute approximate surface area is 105 Å². The second-order valence-electron chi connectivity index (χ2n) is 4.05. The third-order valence-electron chi connectivity index (χ3n) is 2.42. The van der Waals surface area contributed by atoms with Gasteiger partial charge in [0.1, 0.15) is 22.3 Å². The number of unbranched alkanes of at least 4 members (excludes halogenated alkanes) is 1.